The fourth-order valence-electron chi connectivity index (χ4n) is 3.58. The van der Waals surface area contributed by atoms with Crippen LogP contribution in [0.3, 0.4) is 0 Å². The highest BCUT2D eigenvalue weighted by Crippen LogP contribution is 2.32. The molecule has 1 saturated heterocycles. The third-order valence-corrected chi connectivity index (χ3v) is 6.02. The van der Waals surface area contributed by atoms with Crippen molar-refractivity contribution in [3.63, 3.8) is 0 Å². The summed E-state index contributed by atoms with van der Waals surface area (Å²) in [4.78, 5) is 25.7. The minimum atomic E-state index is -3.98. The molecule has 1 aromatic carbocycles. The van der Waals surface area contributed by atoms with Crippen molar-refractivity contribution in [1.82, 2.24) is 9.62 Å². The lowest BCUT2D eigenvalue weighted by molar-refractivity contribution is -0.128. The molecule has 0 radical (unpaired) electrons. The van der Waals surface area contributed by atoms with Crippen LogP contribution in [0.15, 0.2) is 29.7 Å². The summed E-state index contributed by atoms with van der Waals surface area (Å²) in [6.07, 6.45) is 3.00. The Labute approximate surface area is 173 Å². The van der Waals surface area contributed by atoms with Gasteiger partial charge in [0.2, 0.25) is 5.91 Å². The first-order valence-electron chi connectivity index (χ1n) is 9.94. The smallest absolute Gasteiger partial charge is 0.333 e. The van der Waals surface area contributed by atoms with Gasteiger partial charge in [0.05, 0.1) is 6.04 Å². The standard InChI is InChI=1S/C21H31N3O4S/c1-14(2)18-9-6-10-19(15(3)4)20(18)22-21(26)23-29(27,28)13-11-17-8-7-12-24(17)16(5)25/h6,9-11,13-15,17H,7-8,12H2,1-5H3,(H2,22,23,26)/b13-11+. The minimum absolute atomic E-state index is 0.0910. The monoisotopic (exact) mass is 421 g/mol. The van der Waals surface area contributed by atoms with Crippen LogP contribution in [0.2, 0.25) is 0 Å². The molecule has 1 heterocycles. The third-order valence-electron chi connectivity index (χ3n) is 5.03. The van der Waals surface area contributed by atoms with E-state index in [2.05, 4.69) is 5.32 Å². The van der Waals surface area contributed by atoms with Crippen LogP contribution in [0.5, 0.6) is 0 Å². The average Bonchev–Trinajstić information content (AvgIpc) is 3.08. The Hall–Kier alpha value is -2.35. The summed E-state index contributed by atoms with van der Waals surface area (Å²) in [5.41, 5.74) is 2.54. The van der Waals surface area contributed by atoms with Crippen molar-refractivity contribution in [3.8, 4) is 0 Å². The van der Waals surface area contributed by atoms with Crippen molar-refractivity contribution in [2.24, 2.45) is 0 Å². The average molecular weight is 422 g/mol. The first-order valence-corrected chi connectivity index (χ1v) is 11.5. The van der Waals surface area contributed by atoms with E-state index in [0.717, 1.165) is 23.0 Å². The SMILES string of the molecule is CC(=O)N1CCCC1/C=C/S(=O)(=O)NC(=O)Nc1c(C(C)C)cccc1C(C)C. The first kappa shape index (κ1) is 22.9. The minimum Gasteiger partial charge on any atom is -0.336 e. The Balaban J connectivity index is 2.14. The number of nitrogens with one attached hydrogen (secondary N) is 2. The molecule has 1 atom stereocenters. The number of benzene rings is 1. The van der Waals surface area contributed by atoms with Gasteiger partial charge < -0.3 is 10.2 Å². The van der Waals surface area contributed by atoms with E-state index in [0.29, 0.717) is 18.7 Å². The van der Waals surface area contributed by atoms with E-state index in [9.17, 15) is 18.0 Å². The molecule has 0 saturated carbocycles. The summed E-state index contributed by atoms with van der Waals surface area (Å²) >= 11 is 0. The van der Waals surface area contributed by atoms with E-state index in [4.69, 9.17) is 0 Å². The predicted molar refractivity (Wildman–Crippen MR) is 115 cm³/mol. The zero-order valence-electron chi connectivity index (χ0n) is 17.7. The van der Waals surface area contributed by atoms with Crippen molar-refractivity contribution >= 4 is 27.6 Å². The van der Waals surface area contributed by atoms with Gasteiger partial charge in [-0.1, -0.05) is 45.9 Å². The fraction of sp³-hybridized carbons (Fsp3) is 0.524. The summed E-state index contributed by atoms with van der Waals surface area (Å²) in [6.45, 7) is 10.1. The van der Waals surface area contributed by atoms with Crippen molar-refractivity contribution < 1.29 is 18.0 Å². The zero-order valence-corrected chi connectivity index (χ0v) is 18.5. The van der Waals surface area contributed by atoms with Crippen LogP contribution in [-0.2, 0) is 14.8 Å². The van der Waals surface area contributed by atoms with Gasteiger partial charge in [-0.05, 0) is 41.9 Å². The van der Waals surface area contributed by atoms with Gasteiger partial charge in [0.15, 0.2) is 0 Å². The Morgan fingerprint density at radius 3 is 2.24 bits per heavy atom. The van der Waals surface area contributed by atoms with E-state index in [1.165, 1.54) is 13.0 Å². The molecule has 8 heteroatoms. The maximum Gasteiger partial charge on any atom is 0.333 e. The van der Waals surface area contributed by atoms with Gasteiger partial charge in [-0.3, -0.25) is 4.79 Å². The second-order valence-corrected chi connectivity index (χ2v) is 9.54. The van der Waals surface area contributed by atoms with Crippen LogP contribution in [-0.4, -0.2) is 37.8 Å². The molecule has 2 N–H and O–H groups in total. The normalized spacial score (nSPS) is 17.3. The summed E-state index contributed by atoms with van der Waals surface area (Å²) in [6, 6.07) is 4.73. The van der Waals surface area contributed by atoms with E-state index in [-0.39, 0.29) is 23.8 Å². The molecule has 7 nitrogen and oxygen atoms in total. The Morgan fingerprint density at radius 2 is 1.72 bits per heavy atom. The maximum atomic E-state index is 12.4. The van der Waals surface area contributed by atoms with Crippen LogP contribution in [0.1, 0.15) is 70.4 Å². The van der Waals surface area contributed by atoms with Gasteiger partial charge in [0.25, 0.3) is 10.0 Å². The molecule has 1 unspecified atom stereocenters. The van der Waals surface area contributed by atoms with Crippen LogP contribution in [0, 0.1) is 0 Å². The molecule has 0 aliphatic carbocycles. The van der Waals surface area contributed by atoms with E-state index < -0.39 is 16.1 Å². The topological polar surface area (TPSA) is 95.6 Å². The summed E-state index contributed by atoms with van der Waals surface area (Å²) < 4.78 is 26.7. The molecule has 1 aromatic rings. The van der Waals surface area contributed by atoms with E-state index in [1.54, 1.807) is 4.90 Å². The molecule has 3 amide bonds. The molecule has 1 aliphatic rings. The largest absolute Gasteiger partial charge is 0.336 e. The van der Waals surface area contributed by atoms with Crippen molar-refractivity contribution in [2.75, 3.05) is 11.9 Å². The number of amides is 3. The summed E-state index contributed by atoms with van der Waals surface area (Å²) in [5, 5.41) is 3.69. The lowest BCUT2D eigenvalue weighted by atomic mass is 9.93. The zero-order chi connectivity index (χ0) is 21.8. The van der Waals surface area contributed by atoms with Gasteiger partial charge in [0.1, 0.15) is 0 Å². The number of carbonyl (C=O) groups is 2. The van der Waals surface area contributed by atoms with Crippen LogP contribution in [0.25, 0.3) is 0 Å². The maximum absolute atomic E-state index is 12.4. The highest BCUT2D eigenvalue weighted by atomic mass is 32.2. The first-order chi connectivity index (χ1) is 13.5. The highest BCUT2D eigenvalue weighted by Gasteiger charge is 2.25. The van der Waals surface area contributed by atoms with Crippen LogP contribution >= 0.6 is 0 Å². The number of rotatable bonds is 6. The number of carbonyl (C=O) groups excluding carboxylic acids is 2. The van der Waals surface area contributed by atoms with E-state index in [1.807, 2.05) is 50.6 Å². The number of urea groups is 1. The molecule has 0 aromatic heterocycles. The van der Waals surface area contributed by atoms with Crippen molar-refractivity contribution in [2.45, 2.75) is 65.3 Å². The Bertz CT molecular complexity index is 865. The van der Waals surface area contributed by atoms with Gasteiger partial charge in [-0.25, -0.2) is 17.9 Å². The molecule has 160 valence electrons. The number of hydrogen-bond acceptors (Lipinski definition) is 4. The highest BCUT2D eigenvalue weighted by molar-refractivity contribution is 7.92. The third kappa shape index (κ3) is 6.06. The molecule has 2 rings (SSSR count). The summed E-state index contributed by atoms with van der Waals surface area (Å²) in [5.74, 6) is 0.243. The molecular weight excluding hydrogens is 390 g/mol. The quantitative estimate of drug-likeness (QED) is 0.728. The Kier molecular flexibility index (Phi) is 7.46. The van der Waals surface area contributed by atoms with Gasteiger partial charge in [0, 0.05) is 24.6 Å². The van der Waals surface area contributed by atoms with Crippen LogP contribution < -0.4 is 10.0 Å². The van der Waals surface area contributed by atoms with Crippen molar-refractivity contribution in [3.05, 3.63) is 40.8 Å². The van der Waals surface area contributed by atoms with Crippen molar-refractivity contribution in [1.29, 1.82) is 0 Å². The van der Waals surface area contributed by atoms with Crippen LogP contribution in [0.4, 0.5) is 10.5 Å². The van der Waals surface area contributed by atoms with Gasteiger partial charge >= 0.3 is 6.03 Å². The number of nitrogens with zero attached hydrogens (tertiary/aromatic N) is 1. The summed E-state index contributed by atoms with van der Waals surface area (Å²) in [7, 11) is -3.98. The Morgan fingerprint density at radius 1 is 1.14 bits per heavy atom. The molecular formula is C21H31N3O4S. The van der Waals surface area contributed by atoms with Gasteiger partial charge in [-0.15, -0.1) is 0 Å². The molecule has 1 fully saturated rings. The van der Waals surface area contributed by atoms with Gasteiger partial charge in [-0.2, -0.15) is 0 Å². The predicted octanol–water partition coefficient (Wildman–Crippen LogP) is 3.91. The fourth-order valence-corrected chi connectivity index (χ4v) is 4.34. The molecule has 0 bridgehead atoms. The second-order valence-electron chi connectivity index (χ2n) is 7.97. The number of likely N-dealkylation sites (tertiary alicyclic amines) is 1. The number of sulfonamides is 1. The lowest BCUT2D eigenvalue weighted by Gasteiger charge is -2.20. The number of hydrogen-bond donors (Lipinski definition) is 2. The number of para-hydroxylation sites is 1. The molecule has 29 heavy (non-hydrogen) atoms. The molecule has 1 aliphatic heterocycles. The molecule has 0 spiro atoms. The lowest BCUT2D eigenvalue weighted by Crippen LogP contribution is -2.35. The van der Waals surface area contributed by atoms with E-state index >= 15 is 0 Å². The number of anilines is 1. The second kappa shape index (κ2) is 9.43.